The molecular weight excluding hydrogens is 208 g/mol. The van der Waals surface area contributed by atoms with E-state index in [1.807, 2.05) is 0 Å². The van der Waals surface area contributed by atoms with E-state index in [9.17, 15) is 13.6 Å². The lowest BCUT2D eigenvalue weighted by molar-refractivity contribution is 0.0513. The molecule has 0 spiro atoms. The second kappa shape index (κ2) is 4.68. The van der Waals surface area contributed by atoms with Gasteiger partial charge in [-0.25, -0.2) is 13.6 Å². The van der Waals surface area contributed by atoms with Gasteiger partial charge in [-0.15, -0.1) is 0 Å². The van der Waals surface area contributed by atoms with Gasteiger partial charge in [-0.05, 0) is 6.92 Å². The van der Waals surface area contributed by atoms with Crippen molar-refractivity contribution in [1.29, 1.82) is 0 Å². The van der Waals surface area contributed by atoms with Crippen molar-refractivity contribution in [1.82, 2.24) is 4.98 Å². The third kappa shape index (κ3) is 2.39. The Morgan fingerprint density at radius 2 is 2.27 bits per heavy atom. The van der Waals surface area contributed by atoms with Crippen molar-refractivity contribution >= 4 is 5.97 Å². The van der Waals surface area contributed by atoms with Gasteiger partial charge in [0.05, 0.1) is 23.9 Å². The van der Waals surface area contributed by atoms with Crippen molar-refractivity contribution in [2.45, 2.75) is 13.3 Å². The Hall–Kier alpha value is -1.72. The van der Waals surface area contributed by atoms with Gasteiger partial charge in [0.2, 0.25) is 0 Å². The first kappa shape index (κ1) is 11.4. The van der Waals surface area contributed by atoms with Crippen LogP contribution in [0.1, 0.15) is 29.3 Å². The molecule has 15 heavy (non-hydrogen) atoms. The number of hydrogen-bond donors (Lipinski definition) is 1. The second-order valence-electron chi connectivity index (χ2n) is 2.64. The van der Waals surface area contributed by atoms with Crippen LogP contribution in [-0.4, -0.2) is 22.7 Å². The maximum Gasteiger partial charge on any atom is 0.340 e. The highest BCUT2D eigenvalue weighted by molar-refractivity contribution is 5.91. The number of carbonyl (C=O) groups is 1. The summed E-state index contributed by atoms with van der Waals surface area (Å²) in [5.41, 5.74) is -1.16. The number of aromatic hydroxyl groups is 1. The number of pyridine rings is 1. The van der Waals surface area contributed by atoms with Crippen LogP contribution >= 0.6 is 0 Å². The van der Waals surface area contributed by atoms with Gasteiger partial charge in [-0.3, -0.25) is 4.98 Å². The van der Waals surface area contributed by atoms with Gasteiger partial charge in [0.1, 0.15) is 5.75 Å². The third-order valence-corrected chi connectivity index (χ3v) is 1.68. The normalized spacial score (nSPS) is 10.4. The highest BCUT2D eigenvalue weighted by Gasteiger charge is 2.23. The molecule has 1 N–H and O–H groups in total. The zero-order valence-corrected chi connectivity index (χ0v) is 7.91. The molecule has 0 fully saturated rings. The number of hydrogen-bond acceptors (Lipinski definition) is 4. The maximum atomic E-state index is 12.5. The van der Waals surface area contributed by atoms with E-state index >= 15 is 0 Å². The Bertz CT molecular complexity index is 368. The highest BCUT2D eigenvalue weighted by atomic mass is 19.3. The quantitative estimate of drug-likeness (QED) is 0.785. The number of aromatic nitrogens is 1. The van der Waals surface area contributed by atoms with Crippen molar-refractivity contribution in [3.05, 3.63) is 23.5 Å². The Balaban J connectivity index is 3.17. The summed E-state index contributed by atoms with van der Waals surface area (Å²) in [5, 5.41) is 9.13. The van der Waals surface area contributed by atoms with Crippen molar-refractivity contribution in [3.8, 4) is 5.75 Å². The summed E-state index contributed by atoms with van der Waals surface area (Å²) in [6.45, 7) is 1.62. The molecule has 0 aliphatic rings. The summed E-state index contributed by atoms with van der Waals surface area (Å²) >= 11 is 0. The van der Waals surface area contributed by atoms with E-state index in [0.717, 1.165) is 12.4 Å². The predicted molar refractivity (Wildman–Crippen MR) is 46.8 cm³/mol. The predicted octanol–water partition coefficient (Wildman–Crippen LogP) is 1.90. The molecule has 0 radical (unpaired) electrons. The van der Waals surface area contributed by atoms with Crippen LogP contribution in [-0.2, 0) is 4.74 Å². The third-order valence-electron chi connectivity index (χ3n) is 1.68. The fourth-order valence-electron chi connectivity index (χ4n) is 1.06. The van der Waals surface area contributed by atoms with Crippen LogP contribution in [0.4, 0.5) is 8.78 Å². The lowest BCUT2D eigenvalue weighted by atomic mass is 10.1. The molecule has 0 saturated heterocycles. The van der Waals surface area contributed by atoms with Crippen molar-refractivity contribution in [3.63, 3.8) is 0 Å². The van der Waals surface area contributed by atoms with E-state index in [1.54, 1.807) is 6.92 Å². The summed E-state index contributed by atoms with van der Waals surface area (Å²) in [5.74, 6) is -1.63. The molecular formula is C9H9F2NO3. The molecule has 1 rings (SSSR count). The molecule has 0 aliphatic carbocycles. The summed E-state index contributed by atoms with van der Waals surface area (Å²) < 4.78 is 29.5. The molecule has 1 heterocycles. The van der Waals surface area contributed by atoms with Crippen molar-refractivity contribution in [2.24, 2.45) is 0 Å². The van der Waals surface area contributed by atoms with Gasteiger partial charge in [-0.1, -0.05) is 0 Å². The van der Waals surface area contributed by atoms with Gasteiger partial charge < -0.3 is 9.84 Å². The standard InChI is InChI=1S/C9H9F2NO3/c1-2-15-9(14)5-3-12-4-6(13)7(5)8(10)11/h3-4,8,13H,2H2,1H3. The van der Waals surface area contributed by atoms with Crippen molar-refractivity contribution < 1.29 is 23.4 Å². The van der Waals surface area contributed by atoms with Crippen LogP contribution in [0.3, 0.4) is 0 Å². The molecule has 1 aromatic rings. The average Bonchev–Trinajstić information content (AvgIpc) is 2.17. The van der Waals surface area contributed by atoms with Gasteiger partial charge in [-0.2, -0.15) is 0 Å². The molecule has 82 valence electrons. The summed E-state index contributed by atoms with van der Waals surface area (Å²) in [7, 11) is 0. The number of rotatable bonds is 3. The van der Waals surface area contributed by atoms with Gasteiger partial charge in [0, 0.05) is 6.20 Å². The number of esters is 1. The monoisotopic (exact) mass is 217 g/mol. The molecule has 0 unspecified atom stereocenters. The second-order valence-corrected chi connectivity index (χ2v) is 2.64. The van der Waals surface area contributed by atoms with Crippen LogP contribution in [0.5, 0.6) is 5.75 Å². The zero-order chi connectivity index (χ0) is 11.4. The molecule has 4 nitrogen and oxygen atoms in total. The van der Waals surface area contributed by atoms with Gasteiger partial charge in [0.15, 0.2) is 0 Å². The molecule has 1 aromatic heterocycles. The minimum absolute atomic E-state index is 0.0666. The Morgan fingerprint density at radius 3 is 2.80 bits per heavy atom. The Kier molecular flexibility index (Phi) is 3.54. The Labute approximate surface area is 84.5 Å². The minimum Gasteiger partial charge on any atom is -0.506 e. The van der Waals surface area contributed by atoms with E-state index in [0.29, 0.717) is 0 Å². The summed E-state index contributed by atoms with van der Waals surface area (Å²) in [4.78, 5) is 14.7. The zero-order valence-electron chi connectivity index (χ0n) is 7.91. The number of nitrogens with zero attached hydrogens (tertiary/aromatic N) is 1. The first-order valence-electron chi connectivity index (χ1n) is 4.20. The molecule has 0 amide bonds. The highest BCUT2D eigenvalue weighted by Crippen LogP contribution is 2.30. The molecule has 0 aromatic carbocycles. The van der Waals surface area contributed by atoms with Gasteiger partial charge >= 0.3 is 5.97 Å². The van der Waals surface area contributed by atoms with E-state index < -0.39 is 29.3 Å². The Morgan fingerprint density at radius 1 is 1.60 bits per heavy atom. The van der Waals surface area contributed by atoms with Gasteiger partial charge in [0.25, 0.3) is 6.43 Å². The van der Waals surface area contributed by atoms with Crippen LogP contribution < -0.4 is 0 Å². The maximum absolute atomic E-state index is 12.5. The topological polar surface area (TPSA) is 59.4 Å². The fraction of sp³-hybridized carbons (Fsp3) is 0.333. The van der Waals surface area contributed by atoms with E-state index in [4.69, 9.17) is 5.11 Å². The lowest BCUT2D eigenvalue weighted by Crippen LogP contribution is -2.09. The van der Waals surface area contributed by atoms with E-state index in [-0.39, 0.29) is 6.61 Å². The summed E-state index contributed by atoms with van der Waals surface area (Å²) in [6.07, 6.45) is -1.16. The first-order valence-corrected chi connectivity index (χ1v) is 4.20. The smallest absolute Gasteiger partial charge is 0.340 e. The molecule has 6 heteroatoms. The van der Waals surface area contributed by atoms with Crippen LogP contribution in [0.2, 0.25) is 0 Å². The number of alkyl halides is 2. The SMILES string of the molecule is CCOC(=O)c1cncc(O)c1C(F)F. The minimum atomic E-state index is -2.95. The van der Waals surface area contributed by atoms with Crippen LogP contribution in [0, 0.1) is 0 Å². The number of halogens is 2. The first-order chi connectivity index (χ1) is 7.07. The van der Waals surface area contributed by atoms with Crippen molar-refractivity contribution in [2.75, 3.05) is 6.61 Å². The van der Waals surface area contributed by atoms with Crippen LogP contribution in [0.15, 0.2) is 12.4 Å². The fourth-order valence-corrected chi connectivity index (χ4v) is 1.06. The molecule has 0 saturated carbocycles. The van der Waals surface area contributed by atoms with E-state index in [1.165, 1.54) is 0 Å². The van der Waals surface area contributed by atoms with Crippen LogP contribution in [0.25, 0.3) is 0 Å². The molecule has 0 bridgehead atoms. The average molecular weight is 217 g/mol. The number of carbonyl (C=O) groups excluding carboxylic acids is 1. The van der Waals surface area contributed by atoms with E-state index in [2.05, 4.69) is 9.72 Å². The summed E-state index contributed by atoms with van der Waals surface area (Å²) in [6, 6.07) is 0. The lowest BCUT2D eigenvalue weighted by Gasteiger charge is -2.08. The largest absolute Gasteiger partial charge is 0.506 e. The number of ether oxygens (including phenoxy) is 1. The molecule has 0 aliphatic heterocycles. The molecule has 0 atom stereocenters.